The van der Waals surface area contributed by atoms with Crippen molar-refractivity contribution in [2.24, 2.45) is 7.05 Å². The number of carbonyl (C=O) groups excluding carboxylic acids is 1. The molecule has 3 aromatic rings. The fourth-order valence-electron chi connectivity index (χ4n) is 4.37. The third kappa shape index (κ3) is 4.53. The maximum Gasteiger partial charge on any atom is 0.419 e. The number of aromatic nitrogens is 1. The SMILES string of the molecule is CCOc1cc2c(cc1OCC)C(CC(=O)OC)N(S(=O)(=O)c1ccc3c(c1)oc(=O)n3C)CC2. The Morgan fingerprint density at radius 3 is 2.46 bits per heavy atom. The van der Waals surface area contributed by atoms with Gasteiger partial charge in [-0.05, 0) is 55.7 Å². The molecule has 2 heterocycles. The number of nitrogens with zero attached hydrogens (tertiary/aromatic N) is 2. The van der Waals surface area contributed by atoms with Crippen LogP contribution in [-0.2, 0) is 33.0 Å². The Morgan fingerprint density at radius 2 is 1.80 bits per heavy atom. The molecule has 10 nitrogen and oxygen atoms in total. The summed E-state index contributed by atoms with van der Waals surface area (Å²) < 4.78 is 51.7. The molecule has 0 saturated carbocycles. The highest BCUT2D eigenvalue weighted by Gasteiger charge is 2.39. The lowest BCUT2D eigenvalue weighted by molar-refractivity contribution is -0.141. The molecule has 1 atom stereocenters. The van der Waals surface area contributed by atoms with Gasteiger partial charge in [0.2, 0.25) is 10.0 Å². The van der Waals surface area contributed by atoms with Crippen molar-refractivity contribution < 1.29 is 31.8 Å². The summed E-state index contributed by atoms with van der Waals surface area (Å²) in [5.41, 5.74) is 2.18. The summed E-state index contributed by atoms with van der Waals surface area (Å²) in [4.78, 5) is 24.2. The van der Waals surface area contributed by atoms with Crippen LogP contribution in [0.4, 0.5) is 0 Å². The number of sulfonamides is 1. The van der Waals surface area contributed by atoms with Crippen molar-refractivity contribution in [1.29, 1.82) is 0 Å². The zero-order chi connectivity index (χ0) is 25.3. The van der Waals surface area contributed by atoms with Crippen molar-refractivity contribution in [3.8, 4) is 11.5 Å². The van der Waals surface area contributed by atoms with Gasteiger partial charge in [-0.2, -0.15) is 4.31 Å². The zero-order valence-corrected chi connectivity index (χ0v) is 20.9. The van der Waals surface area contributed by atoms with E-state index in [-0.39, 0.29) is 23.4 Å². The van der Waals surface area contributed by atoms with Crippen LogP contribution in [0, 0.1) is 0 Å². The van der Waals surface area contributed by atoms with Gasteiger partial charge in [-0.3, -0.25) is 9.36 Å². The van der Waals surface area contributed by atoms with E-state index in [0.29, 0.717) is 42.2 Å². The van der Waals surface area contributed by atoms with E-state index in [0.717, 1.165) is 5.56 Å². The number of rotatable bonds is 8. The van der Waals surface area contributed by atoms with E-state index in [9.17, 15) is 18.0 Å². The minimum Gasteiger partial charge on any atom is -0.490 e. The van der Waals surface area contributed by atoms with Gasteiger partial charge in [0.1, 0.15) is 0 Å². The Morgan fingerprint density at radius 1 is 1.11 bits per heavy atom. The van der Waals surface area contributed by atoms with Gasteiger partial charge in [-0.1, -0.05) is 0 Å². The number of ether oxygens (including phenoxy) is 3. The molecule has 2 aromatic carbocycles. The molecule has 1 aliphatic heterocycles. The molecule has 4 rings (SSSR count). The average Bonchev–Trinajstić information content (AvgIpc) is 3.12. The van der Waals surface area contributed by atoms with Crippen LogP contribution < -0.4 is 15.2 Å². The summed E-state index contributed by atoms with van der Waals surface area (Å²) >= 11 is 0. The Bertz CT molecular complexity index is 1420. The number of hydrogen-bond donors (Lipinski definition) is 0. The highest BCUT2D eigenvalue weighted by Crippen LogP contribution is 2.42. The van der Waals surface area contributed by atoms with Crippen molar-refractivity contribution in [3.05, 3.63) is 52.0 Å². The van der Waals surface area contributed by atoms with E-state index in [2.05, 4.69) is 0 Å². The lowest BCUT2D eigenvalue weighted by atomic mass is 9.91. The smallest absolute Gasteiger partial charge is 0.419 e. The highest BCUT2D eigenvalue weighted by molar-refractivity contribution is 7.89. The lowest BCUT2D eigenvalue weighted by Crippen LogP contribution is -2.41. The molecule has 0 spiro atoms. The molecule has 1 unspecified atom stereocenters. The number of carbonyl (C=O) groups is 1. The van der Waals surface area contributed by atoms with Gasteiger partial charge >= 0.3 is 11.7 Å². The predicted octanol–water partition coefficient (Wildman–Crippen LogP) is 2.78. The molecular formula is C24H28N2O8S. The zero-order valence-electron chi connectivity index (χ0n) is 20.1. The number of oxazole rings is 1. The summed E-state index contributed by atoms with van der Waals surface area (Å²) in [7, 11) is -1.26. The van der Waals surface area contributed by atoms with E-state index < -0.39 is 27.8 Å². The molecule has 0 N–H and O–H groups in total. The molecule has 35 heavy (non-hydrogen) atoms. The lowest BCUT2D eigenvalue weighted by Gasteiger charge is -2.36. The van der Waals surface area contributed by atoms with Crippen LogP contribution in [0.2, 0.25) is 0 Å². The van der Waals surface area contributed by atoms with E-state index in [4.69, 9.17) is 18.6 Å². The van der Waals surface area contributed by atoms with E-state index in [1.807, 2.05) is 19.9 Å². The molecule has 0 amide bonds. The Kier molecular flexibility index (Phi) is 6.91. The number of hydrogen-bond acceptors (Lipinski definition) is 8. The number of benzene rings is 2. The first kappa shape index (κ1) is 24.8. The van der Waals surface area contributed by atoms with Crippen LogP contribution >= 0.6 is 0 Å². The fourth-order valence-corrected chi connectivity index (χ4v) is 5.99. The summed E-state index contributed by atoms with van der Waals surface area (Å²) in [6.45, 7) is 4.70. The van der Waals surface area contributed by atoms with Crippen molar-refractivity contribution in [1.82, 2.24) is 8.87 Å². The summed E-state index contributed by atoms with van der Waals surface area (Å²) in [6, 6.07) is 7.08. The molecule has 0 aliphatic carbocycles. The summed E-state index contributed by atoms with van der Waals surface area (Å²) in [5, 5.41) is 0. The topological polar surface area (TPSA) is 117 Å². The Hall–Kier alpha value is -3.31. The maximum atomic E-state index is 13.8. The Labute approximate surface area is 203 Å². The first-order chi connectivity index (χ1) is 16.7. The predicted molar refractivity (Wildman–Crippen MR) is 127 cm³/mol. The van der Waals surface area contributed by atoms with Gasteiger partial charge in [0.25, 0.3) is 0 Å². The molecule has 1 aromatic heterocycles. The van der Waals surface area contributed by atoms with Gasteiger partial charge in [0, 0.05) is 19.7 Å². The second-order valence-electron chi connectivity index (χ2n) is 8.08. The molecule has 0 saturated heterocycles. The van der Waals surface area contributed by atoms with Crippen molar-refractivity contribution in [3.63, 3.8) is 0 Å². The minimum absolute atomic E-state index is 0.0337. The van der Waals surface area contributed by atoms with Crippen molar-refractivity contribution >= 4 is 27.1 Å². The molecule has 0 fully saturated rings. The molecule has 11 heteroatoms. The van der Waals surface area contributed by atoms with Crippen LogP contribution in [0.5, 0.6) is 11.5 Å². The van der Waals surface area contributed by atoms with E-state index >= 15 is 0 Å². The third-order valence-electron chi connectivity index (χ3n) is 6.07. The van der Waals surface area contributed by atoms with Crippen molar-refractivity contribution in [2.75, 3.05) is 26.9 Å². The summed E-state index contributed by atoms with van der Waals surface area (Å²) in [5.74, 6) is -0.0709. The Balaban J connectivity index is 1.82. The van der Waals surface area contributed by atoms with E-state index in [1.54, 1.807) is 13.1 Å². The first-order valence-corrected chi connectivity index (χ1v) is 12.8. The van der Waals surface area contributed by atoms with Crippen LogP contribution in [0.3, 0.4) is 0 Å². The highest BCUT2D eigenvalue weighted by atomic mass is 32.2. The van der Waals surface area contributed by atoms with Crippen LogP contribution in [0.1, 0.15) is 37.4 Å². The van der Waals surface area contributed by atoms with Gasteiger partial charge in [-0.25, -0.2) is 13.2 Å². The molecule has 0 bridgehead atoms. The minimum atomic E-state index is -4.07. The number of methoxy groups -OCH3 is 1. The van der Waals surface area contributed by atoms with Gasteiger partial charge < -0.3 is 18.6 Å². The average molecular weight is 505 g/mol. The van der Waals surface area contributed by atoms with Gasteiger partial charge in [0.05, 0.1) is 43.2 Å². The second kappa shape index (κ2) is 9.74. The maximum absolute atomic E-state index is 13.8. The monoisotopic (exact) mass is 504 g/mol. The van der Waals surface area contributed by atoms with Crippen molar-refractivity contribution in [2.45, 2.75) is 37.6 Å². The molecule has 0 radical (unpaired) electrons. The van der Waals surface area contributed by atoms with Crippen LogP contribution in [-0.4, -0.2) is 50.1 Å². The standard InChI is InChI=1S/C24H28N2O8S/c1-5-32-21-11-15-9-10-26(19(14-23(27)31-4)17(15)13-22(21)33-6-2)35(29,30)16-7-8-18-20(12-16)34-24(28)25(18)3/h7-8,11-13,19H,5-6,9-10,14H2,1-4H3. The first-order valence-electron chi connectivity index (χ1n) is 11.3. The van der Waals surface area contributed by atoms with Crippen LogP contribution in [0.15, 0.2) is 44.4 Å². The second-order valence-corrected chi connectivity index (χ2v) is 9.97. The third-order valence-corrected chi connectivity index (χ3v) is 7.98. The molecular weight excluding hydrogens is 476 g/mol. The number of aryl methyl sites for hydroxylation is 1. The van der Waals surface area contributed by atoms with E-state index in [1.165, 1.54) is 34.2 Å². The van der Waals surface area contributed by atoms with Gasteiger partial charge in [0.15, 0.2) is 17.1 Å². The molecule has 188 valence electrons. The van der Waals surface area contributed by atoms with Gasteiger partial charge in [-0.15, -0.1) is 0 Å². The molecule has 1 aliphatic rings. The fraction of sp³-hybridized carbons (Fsp3) is 0.417. The summed E-state index contributed by atoms with van der Waals surface area (Å²) in [6.07, 6.45) is 0.242. The number of esters is 1. The number of fused-ring (bicyclic) bond motifs is 2. The van der Waals surface area contributed by atoms with Crippen LogP contribution in [0.25, 0.3) is 11.1 Å². The quantitative estimate of drug-likeness (QED) is 0.430. The largest absolute Gasteiger partial charge is 0.490 e. The normalized spacial score (nSPS) is 16.2.